The zero-order valence-electron chi connectivity index (χ0n) is 11.3. The monoisotopic (exact) mass is 242 g/mol. The van der Waals surface area contributed by atoms with Gasteiger partial charge in [0.05, 0.1) is 12.5 Å². The Bertz CT molecular complexity index is 218. The molecule has 1 aliphatic rings. The molecule has 0 aromatic rings. The van der Waals surface area contributed by atoms with E-state index in [1.54, 1.807) is 7.11 Å². The molecule has 0 heterocycles. The Morgan fingerprint density at radius 2 is 1.65 bits per heavy atom. The van der Waals surface area contributed by atoms with Crippen molar-refractivity contribution in [2.75, 3.05) is 20.8 Å². The van der Waals surface area contributed by atoms with Gasteiger partial charge < -0.3 is 9.47 Å². The van der Waals surface area contributed by atoms with Crippen LogP contribution in [-0.4, -0.2) is 26.8 Å². The molecule has 0 N–H and O–H groups in total. The van der Waals surface area contributed by atoms with E-state index in [1.807, 2.05) is 0 Å². The number of ether oxygens (including phenoxy) is 2. The van der Waals surface area contributed by atoms with Crippen molar-refractivity contribution >= 4 is 5.97 Å². The fraction of sp³-hybridized carbons (Fsp3) is 0.929. The lowest BCUT2D eigenvalue weighted by atomic mass is 9.73. The molecular formula is C14H26O3. The molecule has 0 radical (unpaired) electrons. The van der Waals surface area contributed by atoms with E-state index in [4.69, 9.17) is 9.47 Å². The number of rotatable bonds is 5. The van der Waals surface area contributed by atoms with Gasteiger partial charge in [-0.05, 0) is 25.7 Å². The SMILES string of the molecule is COCCCC1(C(=O)OC)CCCCCCC1. The summed E-state index contributed by atoms with van der Waals surface area (Å²) in [6.07, 6.45) is 9.97. The van der Waals surface area contributed by atoms with E-state index in [9.17, 15) is 4.79 Å². The molecule has 3 nitrogen and oxygen atoms in total. The minimum absolute atomic E-state index is 0.00416. The number of methoxy groups -OCH3 is 2. The summed E-state index contributed by atoms with van der Waals surface area (Å²) in [4.78, 5) is 12.1. The van der Waals surface area contributed by atoms with Crippen LogP contribution in [0.4, 0.5) is 0 Å². The third kappa shape index (κ3) is 4.30. The maximum atomic E-state index is 12.1. The van der Waals surface area contributed by atoms with Crippen molar-refractivity contribution < 1.29 is 14.3 Å². The van der Waals surface area contributed by atoms with Crippen LogP contribution in [0.3, 0.4) is 0 Å². The number of hydrogen-bond donors (Lipinski definition) is 0. The van der Waals surface area contributed by atoms with Crippen molar-refractivity contribution in [1.82, 2.24) is 0 Å². The summed E-state index contributed by atoms with van der Waals surface area (Å²) in [6, 6.07) is 0. The van der Waals surface area contributed by atoms with Gasteiger partial charge in [-0.2, -0.15) is 0 Å². The van der Waals surface area contributed by atoms with E-state index in [0.717, 1.165) is 45.1 Å². The number of carbonyl (C=O) groups excluding carboxylic acids is 1. The molecule has 0 unspecified atom stereocenters. The standard InChI is InChI=1S/C14H26O3/c1-16-12-8-11-14(13(15)17-2)9-6-4-3-5-7-10-14/h3-12H2,1-2H3. The van der Waals surface area contributed by atoms with Crippen LogP contribution in [-0.2, 0) is 14.3 Å². The van der Waals surface area contributed by atoms with Crippen LogP contribution in [0.1, 0.15) is 57.8 Å². The van der Waals surface area contributed by atoms with E-state index in [-0.39, 0.29) is 11.4 Å². The minimum Gasteiger partial charge on any atom is -0.469 e. The normalized spacial score (nSPS) is 20.4. The van der Waals surface area contributed by atoms with Gasteiger partial charge in [0.25, 0.3) is 0 Å². The van der Waals surface area contributed by atoms with Crippen molar-refractivity contribution in [2.45, 2.75) is 57.8 Å². The second-order valence-electron chi connectivity index (χ2n) is 5.14. The smallest absolute Gasteiger partial charge is 0.311 e. The Hall–Kier alpha value is -0.570. The van der Waals surface area contributed by atoms with Crippen LogP contribution in [0.2, 0.25) is 0 Å². The van der Waals surface area contributed by atoms with Crippen molar-refractivity contribution in [3.8, 4) is 0 Å². The van der Waals surface area contributed by atoms with E-state index >= 15 is 0 Å². The van der Waals surface area contributed by atoms with Gasteiger partial charge in [0, 0.05) is 13.7 Å². The van der Waals surface area contributed by atoms with Gasteiger partial charge in [-0.25, -0.2) is 0 Å². The van der Waals surface area contributed by atoms with E-state index in [2.05, 4.69) is 0 Å². The third-order valence-electron chi connectivity index (χ3n) is 3.93. The zero-order valence-corrected chi connectivity index (χ0v) is 11.3. The molecule has 0 amide bonds. The number of carbonyl (C=O) groups is 1. The summed E-state index contributed by atoms with van der Waals surface area (Å²) in [6.45, 7) is 0.735. The van der Waals surface area contributed by atoms with Crippen molar-refractivity contribution in [1.29, 1.82) is 0 Å². The van der Waals surface area contributed by atoms with Crippen LogP contribution >= 0.6 is 0 Å². The first kappa shape index (κ1) is 14.5. The molecule has 0 aliphatic heterocycles. The largest absolute Gasteiger partial charge is 0.469 e. The van der Waals surface area contributed by atoms with Crippen LogP contribution in [0.25, 0.3) is 0 Å². The highest BCUT2D eigenvalue weighted by molar-refractivity contribution is 5.76. The molecular weight excluding hydrogens is 216 g/mol. The van der Waals surface area contributed by atoms with Crippen molar-refractivity contribution in [3.63, 3.8) is 0 Å². The maximum Gasteiger partial charge on any atom is 0.311 e. The molecule has 1 rings (SSSR count). The Balaban J connectivity index is 2.63. The molecule has 0 saturated heterocycles. The Morgan fingerprint density at radius 1 is 1.06 bits per heavy atom. The predicted molar refractivity (Wildman–Crippen MR) is 67.9 cm³/mol. The van der Waals surface area contributed by atoms with Gasteiger partial charge in [0.1, 0.15) is 0 Å². The topological polar surface area (TPSA) is 35.5 Å². The van der Waals surface area contributed by atoms with Gasteiger partial charge in [-0.15, -0.1) is 0 Å². The Morgan fingerprint density at radius 3 is 2.18 bits per heavy atom. The van der Waals surface area contributed by atoms with Gasteiger partial charge in [-0.3, -0.25) is 4.79 Å². The first-order valence-corrected chi connectivity index (χ1v) is 6.82. The summed E-state index contributed by atoms with van der Waals surface area (Å²) in [5.74, 6) is -0.00416. The molecule has 0 spiro atoms. The van der Waals surface area contributed by atoms with Crippen molar-refractivity contribution in [3.05, 3.63) is 0 Å². The highest BCUT2D eigenvalue weighted by Crippen LogP contribution is 2.39. The molecule has 3 heteroatoms. The van der Waals surface area contributed by atoms with Gasteiger partial charge in [0.2, 0.25) is 0 Å². The van der Waals surface area contributed by atoms with Gasteiger partial charge in [0.15, 0.2) is 0 Å². The van der Waals surface area contributed by atoms with Gasteiger partial charge in [-0.1, -0.05) is 32.1 Å². The molecule has 0 atom stereocenters. The molecule has 0 aromatic heterocycles. The molecule has 100 valence electrons. The predicted octanol–water partition coefficient (Wildman–Crippen LogP) is 3.32. The van der Waals surface area contributed by atoms with Crippen LogP contribution in [0.15, 0.2) is 0 Å². The van der Waals surface area contributed by atoms with Crippen LogP contribution in [0, 0.1) is 5.41 Å². The summed E-state index contributed by atoms with van der Waals surface area (Å²) in [7, 11) is 3.22. The van der Waals surface area contributed by atoms with E-state index in [1.165, 1.54) is 26.4 Å². The highest BCUT2D eigenvalue weighted by atomic mass is 16.5. The average molecular weight is 242 g/mol. The fourth-order valence-corrected chi connectivity index (χ4v) is 2.91. The van der Waals surface area contributed by atoms with Crippen molar-refractivity contribution in [2.24, 2.45) is 5.41 Å². The molecule has 1 saturated carbocycles. The van der Waals surface area contributed by atoms with Crippen LogP contribution < -0.4 is 0 Å². The lowest BCUT2D eigenvalue weighted by molar-refractivity contribution is -0.155. The summed E-state index contributed by atoms with van der Waals surface area (Å²) < 4.78 is 10.1. The zero-order chi connectivity index (χ0) is 12.6. The first-order valence-electron chi connectivity index (χ1n) is 6.82. The second kappa shape index (κ2) is 7.70. The molecule has 0 aromatic carbocycles. The molecule has 1 fully saturated rings. The Kier molecular flexibility index (Phi) is 6.56. The lowest BCUT2D eigenvalue weighted by Gasteiger charge is -2.32. The maximum absolute atomic E-state index is 12.1. The summed E-state index contributed by atoms with van der Waals surface area (Å²) in [5.41, 5.74) is -0.228. The lowest BCUT2D eigenvalue weighted by Crippen LogP contribution is -2.33. The summed E-state index contributed by atoms with van der Waals surface area (Å²) >= 11 is 0. The third-order valence-corrected chi connectivity index (χ3v) is 3.93. The quantitative estimate of drug-likeness (QED) is 0.548. The summed E-state index contributed by atoms with van der Waals surface area (Å²) in [5, 5.41) is 0. The first-order chi connectivity index (χ1) is 8.25. The molecule has 0 bridgehead atoms. The minimum atomic E-state index is -0.228. The average Bonchev–Trinajstić information content (AvgIpc) is 2.31. The van der Waals surface area contributed by atoms with Crippen LogP contribution in [0.5, 0.6) is 0 Å². The highest BCUT2D eigenvalue weighted by Gasteiger charge is 2.38. The van der Waals surface area contributed by atoms with Gasteiger partial charge >= 0.3 is 5.97 Å². The Labute approximate surface area is 105 Å². The second-order valence-corrected chi connectivity index (χ2v) is 5.14. The number of hydrogen-bond acceptors (Lipinski definition) is 3. The van der Waals surface area contributed by atoms with E-state index < -0.39 is 0 Å². The van der Waals surface area contributed by atoms with E-state index in [0.29, 0.717) is 0 Å². The number of esters is 1. The fourth-order valence-electron chi connectivity index (χ4n) is 2.91. The molecule has 1 aliphatic carbocycles. The molecule has 17 heavy (non-hydrogen) atoms.